The van der Waals surface area contributed by atoms with E-state index >= 15 is 0 Å². The number of carbonyl (C=O) groups is 2. The average molecular weight is 340 g/mol. The molecule has 0 aliphatic heterocycles. The lowest BCUT2D eigenvalue weighted by atomic mass is 10.4. The first-order valence-electron chi connectivity index (χ1n) is 4.04. The number of halogens is 2. The predicted molar refractivity (Wildman–Crippen MR) is 60.8 cm³/mol. The normalized spacial score (nSPS) is 10.0. The van der Waals surface area contributed by atoms with Gasteiger partial charge >= 0.3 is 5.97 Å². The summed E-state index contributed by atoms with van der Waals surface area (Å²) in [5.74, 6) is -1.27. The zero-order valence-corrected chi connectivity index (χ0v) is 10.7. The number of carbonyl (C=O) groups excluding carboxylic acids is 1. The van der Waals surface area contributed by atoms with Crippen LogP contribution < -0.4 is 5.32 Å². The third-order valence-corrected chi connectivity index (χ3v) is 3.38. The maximum Gasteiger partial charge on any atom is 0.305 e. The van der Waals surface area contributed by atoms with Gasteiger partial charge in [-0.3, -0.25) is 9.59 Å². The topological polar surface area (TPSA) is 82.2 Å². The van der Waals surface area contributed by atoms with Crippen molar-refractivity contribution >= 4 is 43.7 Å². The van der Waals surface area contributed by atoms with Crippen LogP contribution in [-0.2, 0) is 4.79 Å². The number of aliphatic carboxylic acids is 1. The highest BCUT2D eigenvalue weighted by molar-refractivity contribution is 9.13. The van der Waals surface area contributed by atoms with Gasteiger partial charge in [0.2, 0.25) is 0 Å². The molecule has 0 bridgehead atoms. The predicted octanol–water partition coefficient (Wildman–Crippen LogP) is 1.74. The number of rotatable bonds is 4. The first-order valence-corrected chi connectivity index (χ1v) is 5.63. The lowest BCUT2D eigenvalue weighted by Crippen LogP contribution is -2.26. The van der Waals surface area contributed by atoms with Crippen LogP contribution in [0, 0.1) is 0 Å². The minimum absolute atomic E-state index is 0.0885. The molecule has 1 rings (SSSR count). The van der Waals surface area contributed by atoms with E-state index < -0.39 is 5.97 Å². The van der Waals surface area contributed by atoms with E-state index in [0.717, 1.165) is 4.47 Å². The lowest BCUT2D eigenvalue weighted by Gasteiger charge is -2.00. The molecule has 0 saturated carbocycles. The van der Waals surface area contributed by atoms with E-state index in [4.69, 9.17) is 5.11 Å². The Morgan fingerprint density at radius 1 is 1.47 bits per heavy atom. The van der Waals surface area contributed by atoms with Crippen LogP contribution >= 0.6 is 31.9 Å². The third-order valence-electron chi connectivity index (χ3n) is 1.59. The molecule has 0 unspecified atom stereocenters. The summed E-state index contributed by atoms with van der Waals surface area (Å²) in [5, 5.41) is 10.8. The van der Waals surface area contributed by atoms with Crippen molar-refractivity contribution in [2.45, 2.75) is 6.42 Å². The van der Waals surface area contributed by atoms with Crippen LogP contribution in [0.25, 0.3) is 0 Å². The molecule has 0 aliphatic carbocycles. The molecule has 1 aromatic rings. The van der Waals surface area contributed by atoms with Crippen LogP contribution in [-0.4, -0.2) is 28.5 Å². The molecule has 1 amide bonds. The number of H-pyrrole nitrogens is 1. The van der Waals surface area contributed by atoms with Crippen LogP contribution in [0.2, 0.25) is 0 Å². The number of aromatic nitrogens is 1. The monoisotopic (exact) mass is 338 g/mol. The smallest absolute Gasteiger partial charge is 0.305 e. The van der Waals surface area contributed by atoms with E-state index in [-0.39, 0.29) is 18.9 Å². The molecule has 7 heteroatoms. The van der Waals surface area contributed by atoms with Crippen molar-refractivity contribution in [3.8, 4) is 0 Å². The van der Waals surface area contributed by atoms with Crippen molar-refractivity contribution in [2.24, 2.45) is 0 Å². The van der Waals surface area contributed by atoms with Crippen LogP contribution in [0.15, 0.2) is 15.1 Å². The van der Waals surface area contributed by atoms with Crippen LogP contribution in [0.1, 0.15) is 16.9 Å². The van der Waals surface area contributed by atoms with E-state index in [2.05, 4.69) is 42.2 Å². The number of aromatic amines is 1. The lowest BCUT2D eigenvalue weighted by molar-refractivity contribution is -0.136. The Morgan fingerprint density at radius 2 is 2.13 bits per heavy atom. The van der Waals surface area contributed by atoms with Gasteiger partial charge < -0.3 is 15.4 Å². The van der Waals surface area contributed by atoms with E-state index in [1.165, 1.54) is 0 Å². The molecule has 1 aromatic heterocycles. The Bertz CT molecular complexity index is 370. The molecule has 0 aromatic carbocycles. The molecule has 3 N–H and O–H groups in total. The highest BCUT2D eigenvalue weighted by Gasteiger charge is 2.10. The van der Waals surface area contributed by atoms with Crippen molar-refractivity contribution in [3.05, 3.63) is 20.8 Å². The Balaban J connectivity index is 2.50. The van der Waals surface area contributed by atoms with Gasteiger partial charge in [0.05, 0.1) is 15.5 Å². The van der Waals surface area contributed by atoms with Crippen molar-refractivity contribution in [3.63, 3.8) is 0 Å². The van der Waals surface area contributed by atoms with Gasteiger partial charge in [0, 0.05) is 6.54 Å². The number of hydrogen-bond acceptors (Lipinski definition) is 2. The van der Waals surface area contributed by atoms with Crippen LogP contribution in [0.4, 0.5) is 0 Å². The summed E-state index contributed by atoms with van der Waals surface area (Å²) in [6.07, 6.45) is -0.0885. The molecule has 82 valence electrons. The Hall–Kier alpha value is -0.820. The maximum atomic E-state index is 11.4. The number of carboxylic acids is 1. The number of carboxylic acid groups (broad SMARTS) is 1. The van der Waals surface area contributed by atoms with Gasteiger partial charge in [-0.2, -0.15) is 0 Å². The van der Waals surface area contributed by atoms with Crippen LogP contribution in [0.5, 0.6) is 0 Å². The zero-order chi connectivity index (χ0) is 11.4. The maximum absolute atomic E-state index is 11.4. The number of nitrogens with one attached hydrogen (secondary N) is 2. The van der Waals surface area contributed by atoms with Gasteiger partial charge in [0.1, 0.15) is 5.69 Å². The second kappa shape index (κ2) is 5.32. The van der Waals surface area contributed by atoms with Crippen molar-refractivity contribution in [1.29, 1.82) is 0 Å². The van der Waals surface area contributed by atoms with Gasteiger partial charge in [-0.25, -0.2) is 0 Å². The molecule has 5 nitrogen and oxygen atoms in total. The van der Waals surface area contributed by atoms with Crippen molar-refractivity contribution in [1.82, 2.24) is 10.3 Å². The second-order valence-electron chi connectivity index (χ2n) is 2.74. The fourth-order valence-electron chi connectivity index (χ4n) is 0.905. The zero-order valence-electron chi connectivity index (χ0n) is 7.51. The Morgan fingerprint density at radius 3 is 2.60 bits per heavy atom. The summed E-state index contributed by atoms with van der Waals surface area (Å²) in [7, 11) is 0. The minimum Gasteiger partial charge on any atom is -0.481 e. The summed E-state index contributed by atoms with van der Waals surface area (Å²) in [4.78, 5) is 24.4. The molecule has 0 atom stereocenters. The van der Waals surface area contributed by atoms with Gasteiger partial charge in [0.15, 0.2) is 0 Å². The third kappa shape index (κ3) is 3.67. The van der Waals surface area contributed by atoms with E-state index in [1.807, 2.05) is 0 Å². The van der Waals surface area contributed by atoms with E-state index in [9.17, 15) is 9.59 Å². The van der Waals surface area contributed by atoms with Gasteiger partial charge in [-0.15, -0.1) is 0 Å². The molecule has 0 saturated heterocycles. The molecular weight excluding hydrogens is 332 g/mol. The molecule has 0 fully saturated rings. The van der Waals surface area contributed by atoms with Crippen LogP contribution in [0.3, 0.4) is 0 Å². The molecule has 0 spiro atoms. The summed E-state index contributed by atoms with van der Waals surface area (Å²) >= 11 is 6.42. The first-order chi connectivity index (χ1) is 7.00. The van der Waals surface area contributed by atoms with Crippen molar-refractivity contribution < 1.29 is 14.7 Å². The SMILES string of the molecule is O=C(O)CCNC(=O)c1cc(Br)c(Br)[nH]1. The largest absolute Gasteiger partial charge is 0.481 e. The molecular formula is C8H8Br2N2O3. The van der Waals surface area contributed by atoms with E-state index in [0.29, 0.717) is 10.3 Å². The first kappa shape index (κ1) is 12.3. The fraction of sp³-hybridized carbons (Fsp3) is 0.250. The summed E-state index contributed by atoms with van der Waals surface area (Å²) in [6.45, 7) is 0.114. The molecule has 0 radical (unpaired) electrons. The van der Waals surface area contributed by atoms with Gasteiger partial charge in [-0.05, 0) is 37.9 Å². The molecule has 0 aliphatic rings. The minimum atomic E-state index is -0.941. The quantitative estimate of drug-likeness (QED) is 0.781. The molecule has 15 heavy (non-hydrogen) atoms. The number of amides is 1. The highest BCUT2D eigenvalue weighted by atomic mass is 79.9. The summed E-state index contributed by atoms with van der Waals surface area (Å²) < 4.78 is 1.41. The van der Waals surface area contributed by atoms with E-state index in [1.54, 1.807) is 6.07 Å². The van der Waals surface area contributed by atoms with Gasteiger partial charge in [-0.1, -0.05) is 0 Å². The standard InChI is InChI=1S/C8H8Br2N2O3/c9-4-3-5(12-7(4)10)8(15)11-2-1-6(13)14/h3,12H,1-2H2,(H,11,15)(H,13,14). The molecule has 1 heterocycles. The number of hydrogen-bond donors (Lipinski definition) is 3. The Kier molecular flexibility index (Phi) is 4.34. The van der Waals surface area contributed by atoms with Crippen molar-refractivity contribution in [2.75, 3.05) is 6.54 Å². The summed E-state index contributed by atoms with van der Waals surface area (Å²) in [5.41, 5.74) is 0.374. The fourth-order valence-corrected chi connectivity index (χ4v) is 1.56. The Labute approximate surface area is 103 Å². The average Bonchev–Trinajstić information content (AvgIpc) is 2.46. The summed E-state index contributed by atoms with van der Waals surface area (Å²) in [6, 6.07) is 1.61. The highest BCUT2D eigenvalue weighted by Crippen LogP contribution is 2.22. The second-order valence-corrected chi connectivity index (χ2v) is 4.39. The van der Waals surface area contributed by atoms with Gasteiger partial charge in [0.25, 0.3) is 5.91 Å².